The monoisotopic (exact) mass is 285 g/mol. The predicted octanol–water partition coefficient (Wildman–Crippen LogP) is 3.14. The SMILES string of the molecule is CCN(CCNc1nccc2cc(OC)ccc12)C1CC1. The van der Waals surface area contributed by atoms with E-state index >= 15 is 0 Å². The molecular weight excluding hydrogens is 262 g/mol. The van der Waals surface area contributed by atoms with Crippen molar-refractivity contribution in [3.63, 3.8) is 0 Å². The summed E-state index contributed by atoms with van der Waals surface area (Å²) in [5, 5.41) is 5.78. The lowest BCUT2D eigenvalue weighted by atomic mass is 10.1. The van der Waals surface area contributed by atoms with Crippen LogP contribution in [0.25, 0.3) is 10.8 Å². The third-order valence-electron chi connectivity index (χ3n) is 4.13. The van der Waals surface area contributed by atoms with E-state index < -0.39 is 0 Å². The number of hydrogen-bond acceptors (Lipinski definition) is 4. The molecule has 1 aromatic carbocycles. The quantitative estimate of drug-likeness (QED) is 0.848. The number of nitrogens with one attached hydrogen (secondary N) is 1. The van der Waals surface area contributed by atoms with Crippen LogP contribution in [0.1, 0.15) is 19.8 Å². The zero-order valence-electron chi connectivity index (χ0n) is 12.8. The molecule has 0 unspecified atom stereocenters. The second kappa shape index (κ2) is 6.31. The smallest absolute Gasteiger partial charge is 0.133 e. The Kier molecular flexibility index (Phi) is 4.25. The van der Waals surface area contributed by atoms with Crippen molar-refractivity contribution < 1.29 is 4.74 Å². The first-order chi connectivity index (χ1) is 10.3. The summed E-state index contributed by atoms with van der Waals surface area (Å²) in [6.07, 6.45) is 4.57. The fraction of sp³-hybridized carbons (Fsp3) is 0.471. The summed E-state index contributed by atoms with van der Waals surface area (Å²) in [6.45, 7) is 5.38. The summed E-state index contributed by atoms with van der Waals surface area (Å²) in [5.74, 6) is 1.84. The highest BCUT2D eigenvalue weighted by atomic mass is 16.5. The van der Waals surface area contributed by atoms with E-state index in [0.717, 1.165) is 48.0 Å². The molecule has 0 atom stereocenters. The summed E-state index contributed by atoms with van der Waals surface area (Å²) in [4.78, 5) is 7.02. The summed E-state index contributed by atoms with van der Waals surface area (Å²) < 4.78 is 5.28. The minimum Gasteiger partial charge on any atom is -0.497 e. The average molecular weight is 285 g/mol. The van der Waals surface area contributed by atoms with Gasteiger partial charge < -0.3 is 10.1 Å². The number of methoxy groups -OCH3 is 1. The lowest BCUT2D eigenvalue weighted by Crippen LogP contribution is -2.31. The number of nitrogens with zero attached hydrogens (tertiary/aromatic N) is 2. The minimum absolute atomic E-state index is 0.821. The molecule has 0 aliphatic heterocycles. The normalized spacial score (nSPS) is 14.6. The van der Waals surface area contributed by atoms with Gasteiger partial charge in [-0.25, -0.2) is 4.98 Å². The van der Waals surface area contributed by atoms with Gasteiger partial charge in [0.15, 0.2) is 0 Å². The van der Waals surface area contributed by atoms with Crippen molar-refractivity contribution in [2.24, 2.45) is 0 Å². The Morgan fingerprint density at radius 3 is 2.90 bits per heavy atom. The molecule has 1 fully saturated rings. The molecular formula is C17H23N3O. The van der Waals surface area contributed by atoms with Crippen LogP contribution in [0.3, 0.4) is 0 Å². The molecule has 1 aliphatic carbocycles. The van der Waals surface area contributed by atoms with E-state index in [4.69, 9.17) is 4.74 Å². The van der Waals surface area contributed by atoms with Crippen LogP contribution >= 0.6 is 0 Å². The van der Waals surface area contributed by atoms with Crippen molar-refractivity contribution in [2.45, 2.75) is 25.8 Å². The molecule has 0 saturated heterocycles. The van der Waals surface area contributed by atoms with E-state index in [2.05, 4.69) is 28.2 Å². The maximum Gasteiger partial charge on any atom is 0.133 e. The number of pyridine rings is 1. The van der Waals surface area contributed by atoms with Crippen LogP contribution in [0.5, 0.6) is 5.75 Å². The van der Waals surface area contributed by atoms with E-state index in [-0.39, 0.29) is 0 Å². The number of benzene rings is 1. The van der Waals surface area contributed by atoms with Crippen molar-refractivity contribution in [2.75, 3.05) is 32.1 Å². The average Bonchev–Trinajstić information content (AvgIpc) is 3.36. The van der Waals surface area contributed by atoms with Gasteiger partial charge in [0.2, 0.25) is 0 Å². The molecule has 112 valence electrons. The van der Waals surface area contributed by atoms with E-state index in [1.54, 1.807) is 7.11 Å². The van der Waals surface area contributed by atoms with Crippen molar-refractivity contribution in [3.05, 3.63) is 30.5 Å². The Bertz CT molecular complexity index is 610. The Morgan fingerprint density at radius 2 is 2.19 bits per heavy atom. The molecule has 0 amide bonds. The van der Waals surface area contributed by atoms with E-state index in [1.165, 1.54) is 12.8 Å². The molecule has 1 N–H and O–H groups in total. The minimum atomic E-state index is 0.821. The van der Waals surface area contributed by atoms with Crippen molar-refractivity contribution >= 4 is 16.6 Å². The molecule has 4 heteroatoms. The van der Waals surface area contributed by atoms with Gasteiger partial charge in [0.25, 0.3) is 0 Å². The maximum absolute atomic E-state index is 5.28. The zero-order chi connectivity index (χ0) is 14.7. The molecule has 3 rings (SSSR count). The number of hydrogen-bond donors (Lipinski definition) is 1. The highest BCUT2D eigenvalue weighted by Gasteiger charge is 2.27. The van der Waals surface area contributed by atoms with Gasteiger partial charge in [-0.15, -0.1) is 0 Å². The summed E-state index contributed by atoms with van der Waals surface area (Å²) >= 11 is 0. The molecule has 21 heavy (non-hydrogen) atoms. The van der Waals surface area contributed by atoms with Crippen molar-refractivity contribution in [1.29, 1.82) is 0 Å². The zero-order valence-corrected chi connectivity index (χ0v) is 12.8. The summed E-state index contributed by atoms with van der Waals surface area (Å²) in [5.41, 5.74) is 0. The second-order valence-electron chi connectivity index (χ2n) is 5.53. The largest absolute Gasteiger partial charge is 0.497 e. The van der Waals surface area contributed by atoms with Gasteiger partial charge in [-0.3, -0.25) is 4.90 Å². The third-order valence-corrected chi connectivity index (χ3v) is 4.13. The molecule has 1 saturated carbocycles. The Labute approximate surface area is 126 Å². The van der Waals surface area contributed by atoms with Crippen LogP contribution in [0, 0.1) is 0 Å². The molecule has 0 radical (unpaired) electrons. The number of aromatic nitrogens is 1. The number of fused-ring (bicyclic) bond motifs is 1. The van der Waals surface area contributed by atoms with Gasteiger partial charge in [0.1, 0.15) is 11.6 Å². The molecule has 4 nitrogen and oxygen atoms in total. The molecule has 0 bridgehead atoms. The fourth-order valence-corrected chi connectivity index (χ4v) is 2.78. The Hall–Kier alpha value is -1.81. The first-order valence-electron chi connectivity index (χ1n) is 7.72. The number of anilines is 1. The number of likely N-dealkylation sites (N-methyl/N-ethyl adjacent to an activating group) is 1. The molecule has 1 aliphatic rings. The molecule has 0 spiro atoms. The van der Waals surface area contributed by atoms with Gasteiger partial charge in [-0.2, -0.15) is 0 Å². The molecule has 2 aromatic rings. The van der Waals surface area contributed by atoms with Gasteiger partial charge in [-0.1, -0.05) is 6.92 Å². The van der Waals surface area contributed by atoms with Crippen LogP contribution < -0.4 is 10.1 Å². The maximum atomic E-state index is 5.28. The number of rotatable bonds is 7. The van der Waals surface area contributed by atoms with Crippen LogP contribution in [0.4, 0.5) is 5.82 Å². The first kappa shape index (κ1) is 14.1. The summed E-state index contributed by atoms with van der Waals surface area (Å²) in [6, 6.07) is 8.94. The first-order valence-corrected chi connectivity index (χ1v) is 7.72. The lowest BCUT2D eigenvalue weighted by Gasteiger charge is -2.20. The topological polar surface area (TPSA) is 37.4 Å². The van der Waals surface area contributed by atoms with E-state index in [1.807, 2.05) is 24.4 Å². The van der Waals surface area contributed by atoms with E-state index in [9.17, 15) is 0 Å². The highest BCUT2D eigenvalue weighted by molar-refractivity contribution is 5.92. The predicted molar refractivity (Wildman–Crippen MR) is 87.1 cm³/mol. The van der Waals surface area contributed by atoms with Crippen LogP contribution in [0.15, 0.2) is 30.5 Å². The third kappa shape index (κ3) is 3.27. The number of ether oxygens (including phenoxy) is 1. The highest BCUT2D eigenvalue weighted by Crippen LogP contribution is 2.27. The van der Waals surface area contributed by atoms with Crippen LogP contribution in [-0.4, -0.2) is 42.7 Å². The van der Waals surface area contributed by atoms with Crippen LogP contribution in [0.2, 0.25) is 0 Å². The van der Waals surface area contributed by atoms with E-state index in [0.29, 0.717) is 0 Å². The second-order valence-corrected chi connectivity index (χ2v) is 5.53. The van der Waals surface area contributed by atoms with Crippen LogP contribution in [-0.2, 0) is 0 Å². The van der Waals surface area contributed by atoms with Gasteiger partial charge in [-0.05, 0) is 49.0 Å². The van der Waals surface area contributed by atoms with Crippen molar-refractivity contribution in [1.82, 2.24) is 9.88 Å². The van der Waals surface area contributed by atoms with Gasteiger partial charge >= 0.3 is 0 Å². The lowest BCUT2D eigenvalue weighted by molar-refractivity contribution is 0.289. The Balaban J connectivity index is 1.68. The summed E-state index contributed by atoms with van der Waals surface area (Å²) in [7, 11) is 1.69. The standard InChI is InChI=1S/C17H23N3O/c1-3-20(14-4-5-14)11-10-19-17-16-7-6-15(21-2)12-13(16)8-9-18-17/h6-9,12,14H,3-5,10-11H2,1-2H3,(H,18,19). The molecule has 1 heterocycles. The van der Waals surface area contributed by atoms with Crippen molar-refractivity contribution in [3.8, 4) is 5.75 Å². The van der Waals surface area contributed by atoms with Gasteiger partial charge in [0.05, 0.1) is 7.11 Å². The molecule has 1 aromatic heterocycles. The Morgan fingerprint density at radius 1 is 1.33 bits per heavy atom. The van der Waals surface area contributed by atoms with Gasteiger partial charge in [0, 0.05) is 30.7 Å². The fourth-order valence-electron chi connectivity index (χ4n) is 2.78.